The molecule has 5 rings (SSSR count). The third-order valence-corrected chi connectivity index (χ3v) is 8.15. The standard InChI is InChI=1S/C25H29N3O4S/c1-4-28-24(31)27-15-17-13-18(29)14-19(32-3)22(17)16(2)12-21(27)25(28)7-9-26(10-8-25)23(30)20-6-5-11-33-20/h5-6,11-14,16,29H,4,7-10,15H2,1-3H3/t16-/m0/s1. The van der Waals surface area contributed by atoms with Gasteiger partial charge in [0.05, 0.1) is 24.1 Å². The lowest BCUT2D eigenvalue weighted by Crippen LogP contribution is -2.54. The molecule has 174 valence electrons. The van der Waals surface area contributed by atoms with Crippen LogP contribution >= 0.6 is 11.3 Å². The second-order valence-corrected chi connectivity index (χ2v) is 9.92. The zero-order chi connectivity index (χ0) is 23.3. The van der Waals surface area contributed by atoms with Gasteiger partial charge in [-0.2, -0.15) is 0 Å². The molecule has 7 nitrogen and oxygen atoms in total. The number of fused-ring (bicyclic) bond motifs is 3. The van der Waals surface area contributed by atoms with E-state index in [2.05, 4.69) is 13.0 Å². The lowest BCUT2D eigenvalue weighted by molar-refractivity contribution is 0.0580. The summed E-state index contributed by atoms with van der Waals surface area (Å²) in [5.41, 5.74) is 2.50. The third-order valence-electron chi connectivity index (χ3n) is 7.30. The number of phenolic OH excluding ortho intramolecular Hbond substituents is 1. The molecule has 3 aliphatic heterocycles. The van der Waals surface area contributed by atoms with Crippen molar-refractivity contribution in [3.8, 4) is 11.5 Å². The van der Waals surface area contributed by atoms with Crippen LogP contribution in [-0.2, 0) is 6.54 Å². The Morgan fingerprint density at radius 2 is 2.06 bits per heavy atom. The van der Waals surface area contributed by atoms with Gasteiger partial charge in [0.25, 0.3) is 5.91 Å². The van der Waals surface area contributed by atoms with Gasteiger partial charge in [-0.05, 0) is 42.8 Å². The number of likely N-dealkylation sites (tertiary alicyclic amines) is 1. The molecule has 8 heteroatoms. The minimum Gasteiger partial charge on any atom is -0.508 e. The first-order chi connectivity index (χ1) is 15.9. The van der Waals surface area contributed by atoms with Gasteiger partial charge in [-0.1, -0.05) is 19.1 Å². The van der Waals surface area contributed by atoms with Gasteiger partial charge in [-0.3, -0.25) is 9.69 Å². The monoisotopic (exact) mass is 467 g/mol. The molecule has 1 atom stereocenters. The number of phenols is 1. The Balaban J connectivity index is 1.51. The molecule has 2 fully saturated rings. The number of carbonyl (C=O) groups excluding carboxylic acids is 2. The van der Waals surface area contributed by atoms with Crippen molar-refractivity contribution < 1.29 is 19.4 Å². The Hall–Kier alpha value is -3.00. The van der Waals surface area contributed by atoms with E-state index in [1.807, 2.05) is 39.1 Å². The number of methoxy groups -OCH3 is 1. The molecule has 0 bridgehead atoms. The van der Waals surface area contributed by atoms with Crippen LogP contribution in [0.1, 0.15) is 53.4 Å². The largest absolute Gasteiger partial charge is 0.508 e. The van der Waals surface area contributed by atoms with E-state index in [9.17, 15) is 14.7 Å². The number of thiophene rings is 1. The second-order valence-electron chi connectivity index (χ2n) is 8.98. The molecule has 1 aromatic heterocycles. The Morgan fingerprint density at radius 1 is 1.30 bits per heavy atom. The van der Waals surface area contributed by atoms with Crippen LogP contribution in [0.25, 0.3) is 0 Å². The number of piperidine rings is 1. The molecule has 0 unspecified atom stereocenters. The first kappa shape index (κ1) is 21.8. The number of aromatic hydroxyl groups is 1. The molecule has 1 spiro atoms. The Morgan fingerprint density at radius 3 is 2.70 bits per heavy atom. The van der Waals surface area contributed by atoms with Crippen molar-refractivity contribution in [3.63, 3.8) is 0 Å². The number of carbonyl (C=O) groups is 2. The molecule has 0 radical (unpaired) electrons. The van der Waals surface area contributed by atoms with Crippen LogP contribution in [0.2, 0.25) is 0 Å². The van der Waals surface area contributed by atoms with Gasteiger partial charge in [-0.15, -0.1) is 11.3 Å². The van der Waals surface area contributed by atoms with Crippen molar-refractivity contribution in [2.24, 2.45) is 0 Å². The number of ether oxygens (including phenoxy) is 1. The Bertz CT molecular complexity index is 1120. The fourth-order valence-electron chi connectivity index (χ4n) is 5.79. The second kappa shape index (κ2) is 8.09. The number of benzene rings is 1. The van der Waals surface area contributed by atoms with Crippen LogP contribution in [0.5, 0.6) is 11.5 Å². The van der Waals surface area contributed by atoms with Gasteiger partial charge in [0, 0.05) is 42.9 Å². The van der Waals surface area contributed by atoms with Gasteiger partial charge in [0.15, 0.2) is 0 Å². The molecule has 33 heavy (non-hydrogen) atoms. The summed E-state index contributed by atoms with van der Waals surface area (Å²) in [5.74, 6) is 0.860. The number of amides is 3. The van der Waals surface area contributed by atoms with E-state index in [1.165, 1.54) is 11.3 Å². The molecular formula is C25H29N3O4S. The Labute approximate surface area is 197 Å². The van der Waals surface area contributed by atoms with Crippen LogP contribution in [0.15, 0.2) is 41.4 Å². The summed E-state index contributed by atoms with van der Waals surface area (Å²) in [6.07, 6.45) is 3.60. The summed E-state index contributed by atoms with van der Waals surface area (Å²) in [6.45, 7) is 6.34. The number of allylic oxidation sites excluding steroid dienone is 1. The summed E-state index contributed by atoms with van der Waals surface area (Å²) in [5, 5.41) is 12.2. The normalized spacial score (nSPS) is 21.5. The van der Waals surface area contributed by atoms with E-state index < -0.39 is 5.54 Å². The number of hydrogen-bond acceptors (Lipinski definition) is 5. The number of nitrogens with zero attached hydrogens (tertiary/aromatic N) is 3. The molecule has 3 amide bonds. The SMILES string of the molecule is CCN1C(=O)N2Cc3cc(O)cc(OC)c3[C@@H](C)C=C2C12CCN(C(=O)c1cccs1)CC2. The zero-order valence-electron chi connectivity index (χ0n) is 19.2. The lowest BCUT2D eigenvalue weighted by atomic mass is 9.82. The van der Waals surface area contributed by atoms with Crippen molar-refractivity contribution in [2.45, 2.75) is 44.7 Å². The minimum atomic E-state index is -0.427. The maximum absolute atomic E-state index is 13.6. The molecule has 4 heterocycles. The maximum Gasteiger partial charge on any atom is 0.325 e. The van der Waals surface area contributed by atoms with E-state index in [-0.39, 0.29) is 23.6 Å². The molecule has 3 aliphatic rings. The average Bonchev–Trinajstić information content (AvgIpc) is 3.37. The van der Waals surface area contributed by atoms with Crippen molar-refractivity contribution in [1.29, 1.82) is 0 Å². The molecule has 1 N–H and O–H groups in total. The predicted molar refractivity (Wildman–Crippen MR) is 127 cm³/mol. The van der Waals surface area contributed by atoms with Gasteiger partial charge in [-0.25, -0.2) is 4.79 Å². The predicted octanol–water partition coefficient (Wildman–Crippen LogP) is 4.40. The maximum atomic E-state index is 13.6. The highest BCUT2D eigenvalue weighted by molar-refractivity contribution is 7.12. The third kappa shape index (κ3) is 3.30. The Kier molecular flexibility index (Phi) is 5.35. The molecule has 1 aromatic carbocycles. The van der Waals surface area contributed by atoms with E-state index >= 15 is 0 Å². The fourth-order valence-corrected chi connectivity index (χ4v) is 6.49. The highest BCUT2D eigenvalue weighted by Gasteiger charge is 2.55. The topological polar surface area (TPSA) is 73.3 Å². The first-order valence-electron chi connectivity index (χ1n) is 11.4. The van der Waals surface area contributed by atoms with Crippen LogP contribution in [-0.4, -0.2) is 64.0 Å². The van der Waals surface area contributed by atoms with Crippen LogP contribution in [0, 0.1) is 0 Å². The summed E-state index contributed by atoms with van der Waals surface area (Å²) in [6, 6.07) is 7.13. The van der Waals surface area contributed by atoms with E-state index in [1.54, 1.807) is 19.2 Å². The van der Waals surface area contributed by atoms with Crippen molar-refractivity contribution in [2.75, 3.05) is 26.7 Å². The summed E-state index contributed by atoms with van der Waals surface area (Å²) in [4.78, 5) is 33.0. The summed E-state index contributed by atoms with van der Waals surface area (Å²) >= 11 is 1.47. The smallest absolute Gasteiger partial charge is 0.325 e. The zero-order valence-corrected chi connectivity index (χ0v) is 20.0. The van der Waals surface area contributed by atoms with E-state index in [0.29, 0.717) is 44.8 Å². The van der Waals surface area contributed by atoms with Crippen molar-refractivity contribution in [3.05, 3.63) is 57.4 Å². The molecule has 0 aliphatic carbocycles. The van der Waals surface area contributed by atoms with E-state index in [4.69, 9.17) is 4.74 Å². The highest BCUT2D eigenvalue weighted by atomic mass is 32.1. The molecule has 2 aromatic rings. The number of hydrogen-bond donors (Lipinski definition) is 1. The van der Waals surface area contributed by atoms with E-state index in [0.717, 1.165) is 21.7 Å². The fraction of sp³-hybridized carbons (Fsp3) is 0.440. The van der Waals surface area contributed by atoms with Crippen molar-refractivity contribution in [1.82, 2.24) is 14.7 Å². The number of urea groups is 1. The highest BCUT2D eigenvalue weighted by Crippen LogP contribution is 2.49. The van der Waals surface area contributed by atoms with Crippen molar-refractivity contribution >= 4 is 23.3 Å². The van der Waals surface area contributed by atoms with Crippen LogP contribution in [0.4, 0.5) is 4.79 Å². The molecule has 2 saturated heterocycles. The van der Waals surface area contributed by atoms with Crippen LogP contribution in [0.3, 0.4) is 0 Å². The summed E-state index contributed by atoms with van der Waals surface area (Å²) in [7, 11) is 1.60. The van der Waals surface area contributed by atoms with Gasteiger partial charge < -0.3 is 19.6 Å². The van der Waals surface area contributed by atoms with Crippen LogP contribution < -0.4 is 4.74 Å². The molecular weight excluding hydrogens is 438 g/mol. The summed E-state index contributed by atoms with van der Waals surface area (Å²) < 4.78 is 5.58. The van der Waals surface area contributed by atoms with Gasteiger partial charge in [0.1, 0.15) is 11.5 Å². The lowest BCUT2D eigenvalue weighted by Gasteiger charge is -2.44. The number of likely N-dealkylation sites (N-methyl/N-ethyl adjacent to an activating group) is 1. The van der Waals surface area contributed by atoms with Gasteiger partial charge >= 0.3 is 6.03 Å². The minimum absolute atomic E-state index is 0.0101. The van der Waals surface area contributed by atoms with Gasteiger partial charge in [0.2, 0.25) is 0 Å². The quantitative estimate of drug-likeness (QED) is 0.726. The average molecular weight is 468 g/mol. The molecule has 0 saturated carbocycles. The first-order valence-corrected chi connectivity index (χ1v) is 12.3. The number of rotatable bonds is 3.